The molecule has 2 heteroatoms. The normalized spacial score (nSPS) is 10.8. The molecule has 0 saturated heterocycles. The van der Waals surface area contributed by atoms with Crippen LogP contribution >= 0.6 is 0 Å². The largest absolute Gasteiger partial charge is 0.398 e. The van der Waals surface area contributed by atoms with E-state index in [2.05, 4.69) is 24.9 Å². The van der Waals surface area contributed by atoms with Crippen LogP contribution in [-0.4, -0.2) is 4.98 Å². The number of fused-ring (bicyclic) bond motifs is 1. The van der Waals surface area contributed by atoms with Gasteiger partial charge in [-0.1, -0.05) is 31.5 Å². The lowest BCUT2D eigenvalue weighted by atomic mass is 10.1. The lowest BCUT2D eigenvalue weighted by molar-refractivity contribution is 0.890. The first-order chi connectivity index (χ1) is 7.22. The maximum Gasteiger partial charge on any atom is 0.0755 e. The van der Waals surface area contributed by atoms with Crippen molar-refractivity contribution >= 4 is 16.6 Å². The van der Waals surface area contributed by atoms with Gasteiger partial charge in [-0.05, 0) is 25.0 Å². The van der Waals surface area contributed by atoms with Gasteiger partial charge in [0.15, 0.2) is 0 Å². The number of aryl methyl sites for hydroxylation is 2. The van der Waals surface area contributed by atoms with Crippen LogP contribution in [0.2, 0.25) is 0 Å². The molecule has 78 valence electrons. The summed E-state index contributed by atoms with van der Waals surface area (Å²) in [5, 5.41) is 1.06. The first-order valence-electron chi connectivity index (χ1n) is 5.37. The van der Waals surface area contributed by atoms with Gasteiger partial charge in [-0.25, -0.2) is 0 Å². The maximum absolute atomic E-state index is 6.02. The molecule has 1 heterocycles. The van der Waals surface area contributed by atoms with Gasteiger partial charge in [-0.2, -0.15) is 0 Å². The topological polar surface area (TPSA) is 38.9 Å². The molecule has 2 nitrogen and oxygen atoms in total. The lowest BCUT2D eigenvalue weighted by Crippen LogP contribution is -1.96. The third-order valence-electron chi connectivity index (χ3n) is 2.63. The zero-order valence-electron chi connectivity index (χ0n) is 9.25. The van der Waals surface area contributed by atoms with Gasteiger partial charge in [0.05, 0.1) is 5.52 Å². The quantitative estimate of drug-likeness (QED) is 0.809. The second-order valence-corrected chi connectivity index (χ2v) is 3.92. The molecule has 0 spiro atoms. The molecule has 0 atom stereocenters. The van der Waals surface area contributed by atoms with Gasteiger partial charge in [0, 0.05) is 16.8 Å². The van der Waals surface area contributed by atoms with Gasteiger partial charge in [0.2, 0.25) is 0 Å². The molecule has 0 aliphatic carbocycles. The Labute approximate surface area is 90.1 Å². The Morgan fingerprint density at radius 3 is 2.87 bits per heavy atom. The molecular weight excluding hydrogens is 184 g/mol. The van der Waals surface area contributed by atoms with Crippen molar-refractivity contribution in [3.05, 3.63) is 35.5 Å². The van der Waals surface area contributed by atoms with Gasteiger partial charge < -0.3 is 5.73 Å². The molecule has 2 N–H and O–H groups in total. The first-order valence-corrected chi connectivity index (χ1v) is 5.37. The zero-order valence-corrected chi connectivity index (χ0v) is 9.25. The average Bonchev–Trinajstić information content (AvgIpc) is 2.20. The molecule has 0 unspecified atom stereocenters. The van der Waals surface area contributed by atoms with Crippen molar-refractivity contribution in [3.63, 3.8) is 0 Å². The molecule has 15 heavy (non-hydrogen) atoms. The summed E-state index contributed by atoms with van der Waals surface area (Å²) in [6, 6.07) is 8.12. The van der Waals surface area contributed by atoms with E-state index in [1.165, 1.54) is 5.56 Å². The molecule has 0 bridgehead atoms. The molecule has 2 rings (SSSR count). The van der Waals surface area contributed by atoms with Crippen LogP contribution < -0.4 is 5.73 Å². The van der Waals surface area contributed by atoms with E-state index in [-0.39, 0.29) is 0 Å². The van der Waals surface area contributed by atoms with Gasteiger partial charge in [0.1, 0.15) is 0 Å². The van der Waals surface area contributed by atoms with Crippen molar-refractivity contribution in [1.29, 1.82) is 0 Å². The third kappa shape index (κ3) is 1.80. The minimum Gasteiger partial charge on any atom is -0.398 e. The van der Waals surface area contributed by atoms with Crippen molar-refractivity contribution in [2.75, 3.05) is 5.73 Å². The molecule has 1 aromatic carbocycles. The highest BCUT2D eigenvalue weighted by Gasteiger charge is 2.04. The summed E-state index contributed by atoms with van der Waals surface area (Å²) < 4.78 is 0. The third-order valence-corrected chi connectivity index (χ3v) is 2.63. The molecule has 0 aliphatic heterocycles. The smallest absolute Gasteiger partial charge is 0.0755 e. The summed E-state index contributed by atoms with van der Waals surface area (Å²) >= 11 is 0. The predicted octanol–water partition coefficient (Wildman–Crippen LogP) is 3.08. The fraction of sp³-hybridized carbons (Fsp3) is 0.308. The summed E-state index contributed by atoms with van der Waals surface area (Å²) in [5.41, 5.74) is 10.2. The number of pyridine rings is 1. The van der Waals surface area contributed by atoms with E-state index in [1.54, 1.807) is 0 Å². The Bertz CT molecular complexity index is 489. The Balaban J connectivity index is 2.68. The SMILES string of the molecule is CCCc1cc(N)c2cccc(C)c2n1. The number of nitrogens with two attached hydrogens (primary N) is 1. The van der Waals surface area contributed by atoms with E-state index in [9.17, 15) is 0 Å². The summed E-state index contributed by atoms with van der Waals surface area (Å²) in [4.78, 5) is 4.65. The number of benzene rings is 1. The van der Waals surface area contributed by atoms with Crippen LogP contribution in [0, 0.1) is 6.92 Å². The van der Waals surface area contributed by atoms with E-state index in [4.69, 9.17) is 5.73 Å². The summed E-state index contributed by atoms with van der Waals surface area (Å²) in [5.74, 6) is 0. The molecule has 0 radical (unpaired) electrons. The number of aromatic nitrogens is 1. The van der Waals surface area contributed by atoms with E-state index >= 15 is 0 Å². The van der Waals surface area contributed by atoms with Crippen molar-refractivity contribution < 1.29 is 0 Å². The van der Waals surface area contributed by atoms with Crippen LogP contribution in [0.15, 0.2) is 24.3 Å². The van der Waals surface area contributed by atoms with Gasteiger partial charge in [-0.15, -0.1) is 0 Å². The average molecular weight is 200 g/mol. The van der Waals surface area contributed by atoms with Crippen LogP contribution in [0.1, 0.15) is 24.6 Å². The molecular formula is C13H16N2. The van der Waals surface area contributed by atoms with E-state index in [0.717, 1.165) is 35.1 Å². The fourth-order valence-electron chi connectivity index (χ4n) is 1.86. The van der Waals surface area contributed by atoms with Crippen molar-refractivity contribution in [2.45, 2.75) is 26.7 Å². The summed E-state index contributed by atoms with van der Waals surface area (Å²) in [7, 11) is 0. The first kappa shape index (κ1) is 9.97. The van der Waals surface area contributed by atoms with Gasteiger partial charge in [-0.3, -0.25) is 4.98 Å². The molecule has 0 saturated carbocycles. The molecule has 0 fully saturated rings. The Hall–Kier alpha value is -1.57. The van der Waals surface area contributed by atoms with Crippen molar-refractivity contribution in [2.24, 2.45) is 0 Å². The van der Waals surface area contributed by atoms with E-state index in [0.29, 0.717) is 0 Å². The number of hydrogen-bond donors (Lipinski definition) is 1. The maximum atomic E-state index is 6.02. The van der Waals surface area contributed by atoms with Crippen LogP contribution in [0.4, 0.5) is 5.69 Å². The second-order valence-electron chi connectivity index (χ2n) is 3.92. The highest BCUT2D eigenvalue weighted by Crippen LogP contribution is 2.23. The van der Waals surface area contributed by atoms with Gasteiger partial charge in [0.25, 0.3) is 0 Å². The highest BCUT2D eigenvalue weighted by atomic mass is 14.7. The lowest BCUT2D eigenvalue weighted by Gasteiger charge is -2.07. The monoisotopic (exact) mass is 200 g/mol. The van der Waals surface area contributed by atoms with Crippen LogP contribution in [0.25, 0.3) is 10.9 Å². The Kier molecular flexibility index (Phi) is 2.58. The number of hydrogen-bond acceptors (Lipinski definition) is 2. The van der Waals surface area contributed by atoms with Crippen LogP contribution in [-0.2, 0) is 6.42 Å². The minimum atomic E-state index is 0.840. The van der Waals surface area contributed by atoms with Crippen LogP contribution in [0.5, 0.6) is 0 Å². The summed E-state index contributed by atoms with van der Waals surface area (Å²) in [6.07, 6.45) is 2.10. The predicted molar refractivity (Wildman–Crippen MR) is 64.9 cm³/mol. The number of para-hydroxylation sites is 1. The number of nitrogens with zero attached hydrogens (tertiary/aromatic N) is 1. The minimum absolute atomic E-state index is 0.840. The highest BCUT2D eigenvalue weighted by molar-refractivity contribution is 5.92. The standard InChI is InChI=1S/C13H16N2/c1-3-5-10-8-12(14)11-7-4-6-9(2)13(11)15-10/h4,6-8H,3,5H2,1-2H3,(H2,14,15). The Morgan fingerprint density at radius 1 is 1.33 bits per heavy atom. The zero-order chi connectivity index (χ0) is 10.8. The fourth-order valence-corrected chi connectivity index (χ4v) is 1.86. The van der Waals surface area contributed by atoms with Crippen molar-refractivity contribution in [3.8, 4) is 0 Å². The second kappa shape index (κ2) is 3.89. The van der Waals surface area contributed by atoms with Crippen LogP contribution in [0.3, 0.4) is 0 Å². The molecule has 0 aliphatic rings. The number of rotatable bonds is 2. The van der Waals surface area contributed by atoms with Crippen molar-refractivity contribution in [1.82, 2.24) is 4.98 Å². The van der Waals surface area contributed by atoms with E-state index < -0.39 is 0 Å². The molecule has 2 aromatic rings. The Morgan fingerprint density at radius 2 is 2.13 bits per heavy atom. The molecule has 0 amide bonds. The van der Waals surface area contributed by atoms with E-state index in [1.807, 2.05) is 18.2 Å². The number of anilines is 1. The summed E-state index contributed by atoms with van der Waals surface area (Å²) in [6.45, 7) is 4.23. The number of nitrogen functional groups attached to an aromatic ring is 1. The molecule has 1 aromatic heterocycles. The van der Waals surface area contributed by atoms with Gasteiger partial charge >= 0.3 is 0 Å².